The van der Waals surface area contributed by atoms with Crippen molar-refractivity contribution in [1.82, 2.24) is 0 Å². The lowest BCUT2D eigenvalue weighted by atomic mass is 9.92. The molecule has 1 aromatic rings. The Balaban J connectivity index is 2.32. The Morgan fingerprint density at radius 2 is 2.12 bits per heavy atom. The number of hydrogen-bond donors (Lipinski definition) is 1. The van der Waals surface area contributed by atoms with Crippen LogP contribution in [0.5, 0.6) is 11.5 Å². The Morgan fingerprint density at radius 1 is 1.41 bits per heavy atom. The van der Waals surface area contributed by atoms with Crippen LogP contribution in [-0.2, 0) is 4.79 Å². The van der Waals surface area contributed by atoms with Gasteiger partial charge in [0, 0.05) is 6.42 Å². The normalized spacial score (nSPS) is 15.4. The third-order valence-electron chi connectivity index (χ3n) is 3.04. The van der Waals surface area contributed by atoms with Gasteiger partial charge in [0.05, 0.1) is 0 Å². The predicted octanol–water partition coefficient (Wildman–Crippen LogP) is 1.75. The first kappa shape index (κ1) is 11.8. The Kier molecular flexibility index (Phi) is 3.22. The monoisotopic (exact) mass is 235 g/mol. The summed E-state index contributed by atoms with van der Waals surface area (Å²) in [6, 6.07) is 3.88. The zero-order chi connectivity index (χ0) is 12.4. The number of carbonyl (C=O) groups excluding carboxylic acids is 1. The zero-order valence-corrected chi connectivity index (χ0v) is 10.2. The molecule has 1 heterocycles. The topological polar surface area (TPSA) is 61.6 Å². The molecule has 0 radical (unpaired) electrons. The fraction of sp³-hybridized carbons (Fsp3) is 0.462. The minimum atomic E-state index is -0.285. The molecule has 0 spiro atoms. The van der Waals surface area contributed by atoms with Crippen LogP contribution >= 0.6 is 0 Å². The van der Waals surface area contributed by atoms with Gasteiger partial charge in [0.2, 0.25) is 5.91 Å². The lowest BCUT2D eigenvalue weighted by Gasteiger charge is -2.23. The van der Waals surface area contributed by atoms with Gasteiger partial charge < -0.3 is 15.2 Å². The Bertz CT molecular complexity index is 443. The molecule has 4 nitrogen and oxygen atoms in total. The molecular weight excluding hydrogens is 218 g/mol. The van der Waals surface area contributed by atoms with Gasteiger partial charge in [-0.3, -0.25) is 4.79 Å². The quantitative estimate of drug-likeness (QED) is 0.868. The van der Waals surface area contributed by atoms with E-state index in [9.17, 15) is 4.79 Å². The molecule has 0 saturated carbocycles. The van der Waals surface area contributed by atoms with Gasteiger partial charge in [-0.2, -0.15) is 0 Å². The minimum Gasteiger partial charge on any atom is -0.486 e. The molecule has 2 rings (SSSR count). The van der Waals surface area contributed by atoms with Gasteiger partial charge in [-0.05, 0) is 30.0 Å². The second kappa shape index (κ2) is 4.65. The number of hydrogen-bond acceptors (Lipinski definition) is 3. The summed E-state index contributed by atoms with van der Waals surface area (Å²) in [5, 5.41) is 0. The molecular formula is C13H17NO3. The predicted molar refractivity (Wildman–Crippen MR) is 64.4 cm³/mol. The standard InChI is InChI=1S/C13H17NO3/c1-8(7-12(14)15)10-3-4-11-13(9(10)2)17-6-5-16-11/h3-4,8H,5-7H2,1-2H3,(H2,14,15). The maximum absolute atomic E-state index is 10.9. The van der Waals surface area contributed by atoms with Crippen molar-refractivity contribution in [2.75, 3.05) is 13.2 Å². The van der Waals surface area contributed by atoms with Crippen molar-refractivity contribution >= 4 is 5.91 Å². The van der Waals surface area contributed by atoms with Crippen LogP contribution in [0.15, 0.2) is 12.1 Å². The zero-order valence-electron chi connectivity index (χ0n) is 10.2. The van der Waals surface area contributed by atoms with Crippen molar-refractivity contribution in [3.05, 3.63) is 23.3 Å². The number of benzene rings is 1. The average molecular weight is 235 g/mol. The second-order valence-electron chi connectivity index (χ2n) is 4.38. The number of ether oxygens (including phenoxy) is 2. The highest BCUT2D eigenvalue weighted by Gasteiger charge is 2.19. The summed E-state index contributed by atoms with van der Waals surface area (Å²) in [6.45, 7) is 5.13. The summed E-state index contributed by atoms with van der Waals surface area (Å²) >= 11 is 0. The van der Waals surface area contributed by atoms with Crippen molar-refractivity contribution < 1.29 is 14.3 Å². The number of nitrogens with two attached hydrogens (primary N) is 1. The van der Waals surface area contributed by atoms with E-state index in [1.807, 2.05) is 26.0 Å². The number of carbonyl (C=O) groups is 1. The van der Waals surface area contributed by atoms with Crippen LogP contribution in [0.3, 0.4) is 0 Å². The van der Waals surface area contributed by atoms with E-state index in [0.717, 1.165) is 22.6 Å². The van der Waals surface area contributed by atoms with Crippen molar-refractivity contribution in [2.45, 2.75) is 26.2 Å². The first-order chi connectivity index (χ1) is 8.09. The van der Waals surface area contributed by atoms with Crippen LogP contribution < -0.4 is 15.2 Å². The third-order valence-corrected chi connectivity index (χ3v) is 3.04. The molecule has 1 aromatic carbocycles. The summed E-state index contributed by atoms with van der Waals surface area (Å²) < 4.78 is 11.1. The van der Waals surface area contributed by atoms with Crippen LogP contribution in [0.2, 0.25) is 0 Å². The van der Waals surface area contributed by atoms with Gasteiger partial charge in [0.15, 0.2) is 11.5 Å². The van der Waals surface area contributed by atoms with E-state index in [0.29, 0.717) is 19.6 Å². The van der Waals surface area contributed by atoms with E-state index in [1.165, 1.54) is 0 Å². The van der Waals surface area contributed by atoms with Crippen LogP contribution in [0.4, 0.5) is 0 Å². The molecule has 0 fully saturated rings. The highest BCUT2D eigenvalue weighted by Crippen LogP contribution is 2.38. The van der Waals surface area contributed by atoms with Crippen molar-refractivity contribution in [3.8, 4) is 11.5 Å². The Labute approximate surface area is 101 Å². The Hall–Kier alpha value is -1.71. The van der Waals surface area contributed by atoms with Crippen LogP contribution in [0.25, 0.3) is 0 Å². The first-order valence-corrected chi connectivity index (χ1v) is 5.77. The molecule has 1 atom stereocenters. The van der Waals surface area contributed by atoms with E-state index < -0.39 is 0 Å². The Morgan fingerprint density at radius 3 is 2.82 bits per heavy atom. The van der Waals surface area contributed by atoms with E-state index in [4.69, 9.17) is 15.2 Å². The molecule has 0 aliphatic carbocycles. The summed E-state index contributed by atoms with van der Waals surface area (Å²) in [4.78, 5) is 10.9. The van der Waals surface area contributed by atoms with Gasteiger partial charge in [0.25, 0.3) is 0 Å². The smallest absolute Gasteiger partial charge is 0.218 e. The number of rotatable bonds is 3. The molecule has 2 N–H and O–H groups in total. The molecule has 1 aliphatic heterocycles. The molecule has 1 unspecified atom stereocenters. The lowest BCUT2D eigenvalue weighted by molar-refractivity contribution is -0.118. The van der Waals surface area contributed by atoms with E-state index in [1.54, 1.807) is 0 Å². The van der Waals surface area contributed by atoms with E-state index in [-0.39, 0.29) is 11.8 Å². The number of fused-ring (bicyclic) bond motifs is 1. The SMILES string of the molecule is Cc1c(C(C)CC(N)=O)ccc2c1OCCO2. The average Bonchev–Trinajstić information content (AvgIpc) is 2.28. The summed E-state index contributed by atoms with van der Waals surface area (Å²) in [6.07, 6.45) is 0.348. The number of primary amides is 1. The highest BCUT2D eigenvalue weighted by molar-refractivity contribution is 5.75. The van der Waals surface area contributed by atoms with E-state index in [2.05, 4.69) is 0 Å². The van der Waals surface area contributed by atoms with E-state index >= 15 is 0 Å². The van der Waals surface area contributed by atoms with Gasteiger partial charge in [-0.25, -0.2) is 0 Å². The number of amides is 1. The van der Waals surface area contributed by atoms with Gasteiger partial charge in [0.1, 0.15) is 13.2 Å². The van der Waals surface area contributed by atoms with Crippen LogP contribution in [-0.4, -0.2) is 19.1 Å². The fourth-order valence-corrected chi connectivity index (χ4v) is 2.22. The lowest BCUT2D eigenvalue weighted by Crippen LogP contribution is -2.18. The first-order valence-electron chi connectivity index (χ1n) is 5.77. The van der Waals surface area contributed by atoms with Gasteiger partial charge in [-0.1, -0.05) is 13.0 Å². The van der Waals surface area contributed by atoms with Crippen molar-refractivity contribution in [1.29, 1.82) is 0 Å². The van der Waals surface area contributed by atoms with Gasteiger partial charge in [-0.15, -0.1) is 0 Å². The molecule has 0 bridgehead atoms. The third kappa shape index (κ3) is 2.35. The summed E-state index contributed by atoms with van der Waals surface area (Å²) in [5.74, 6) is 1.39. The maximum Gasteiger partial charge on any atom is 0.218 e. The van der Waals surface area contributed by atoms with Crippen molar-refractivity contribution in [3.63, 3.8) is 0 Å². The fourth-order valence-electron chi connectivity index (χ4n) is 2.22. The molecule has 0 saturated heterocycles. The second-order valence-corrected chi connectivity index (χ2v) is 4.38. The maximum atomic E-state index is 10.9. The summed E-state index contributed by atoms with van der Waals surface area (Å²) in [5.41, 5.74) is 7.35. The molecule has 4 heteroatoms. The summed E-state index contributed by atoms with van der Waals surface area (Å²) in [7, 11) is 0. The highest BCUT2D eigenvalue weighted by atomic mass is 16.6. The van der Waals surface area contributed by atoms with Crippen LogP contribution in [0.1, 0.15) is 30.4 Å². The van der Waals surface area contributed by atoms with Crippen LogP contribution in [0, 0.1) is 6.92 Å². The van der Waals surface area contributed by atoms with Gasteiger partial charge >= 0.3 is 0 Å². The van der Waals surface area contributed by atoms with Crippen molar-refractivity contribution in [2.24, 2.45) is 5.73 Å². The molecule has 17 heavy (non-hydrogen) atoms. The molecule has 1 amide bonds. The largest absolute Gasteiger partial charge is 0.486 e. The minimum absolute atomic E-state index is 0.100. The molecule has 0 aromatic heterocycles. The molecule has 1 aliphatic rings. The molecule has 92 valence electrons.